The van der Waals surface area contributed by atoms with Crippen molar-refractivity contribution in [3.8, 4) is 0 Å². The van der Waals surface area contributed by atoms with E-state index in [0.717, 1.165) is 6.42 Å². The van der Waals surface area contributed by atoms with E-state index in [4.69, 9.17) is 0 Å². The van der Waals surface area contributed by atoms with Crippen molar-refractivity contribution in [2.45, 2.75) is 72.0 Å². The molecule has 0 N–H and O–H groups in total. The first-order valence-electron chi connectivity index (χ1n) is 11.3. The molecule has 0 saturated heterocycles. The number of hydrogen-bond acceptors (Lipinski definition) is 0. The van der Waals surface area contributed by atoms with Gasteiger partial charge in [-0.2, -0.15) is 0 Å². The average molecular weight is 466 g/mol. The van der Waals surface area contributed by atoms with Gasteiger partial charge < -0.3 is 0 Å². The third-order valence-corrected chi connectivity index (χ3v) is 9.11. The van der Waals surface area contributed by atoms with Gasteiger partial charge in [-0.05, 0) is 75.2 Å². The number of unbranched alkanes of at least 4 members (excludes halogenated alkanes) is 2. The summed E-state index contributed by atoms with van der Waals surface area (Å²) in [4.78, 5) is 0. The molecule has 29 heavy (non-hydrogen) atoms. The first-order valence-corrected chi connectivity index (χ1v) is 15.6. The van der Waals surface area contributed by atoms with Crippen molar-refractivity contribution in [1.82, 2.24) is 0 Å². The molecule has 0 atom stereocenters. The van der Waals surface area contributed by atoms with Crippen molar-refractivity contribution in [2.24, 2.45) is 0 Å². The van der Waals surface area contributed by atoms with Crippen LogP contribution in [0.1, 0.15) is 50.7 Å². The van der Waals surface area contributed by atoms with Gasteiger partial charge in [0.05, 0.1) is 8.07 Å². The van der Waals surface area contributed by atoms with Gasteiger partial charge in [-0.25, -0.2) is 0 Å². The molecular weight excluding hydrogens is 432 g/mol. The largest absolute Gasteiger partial charge is 0.0784 e. The van der Waals surface area contributed by atoms with Crippen LogP contribution >= 0.6 is 15.9 Å². The zero-order valence-electron chi connectivity index (χ0n) is 18.6. The zero-order chi connectivity index (χ0) is 20.8. The summed E-state index contributed by atoms with van der Waals surface area (Å²) in [6.45, 7) is 12.1. The second-order valence-corrected chi connectivity index (χ2v) is 15.5. The minimum absolute atomic E-state index is 1.16. The number of aryl methyl sites for hydroxylation is 2. The lowest BCUT2D eigenvalue weighted by molar-refractivity contribution is 0.799. The van der Waals surface area contributed by atoms with E-state index in [0.29, 0.717) is 0 Å². The molecule has 2 heteroatoms. The van der Waals surface area contributed by atoms with Crippen LogP contribution in [0.25, 0.3) is 32.3 Å². The van der Waals surface area contributed by atoms with Crippen molar-refractivity contribution in [3.05, 3.63) is 52.0 Å². The van der Waals surface area contributed by atoms with Gasteiger partial charge in [0.1, 0.15) is 0 Å². The van der Waals surface area contributed by atoms with Crippen LogP contribution in [0, 0.1) is 0 Å². The van der Waals surface area contributed by atoms with E-state index in [1.807, 2.05) is 0 Å². The van der Waals surface area contributed by atoms with Crippen LogP contribution in [0.5, 0.6) is 0 Å². The standard InChI is InChI=1S/C27H33BrSi/c1-6-8-10-18-16-24(28)22-14-12-21-19(11-9-7-2)17-25(29(3,4)5)23-15-13-20(18)26(22)27(21)23/h12-17H,6-11H2,1-5H3. The lowest BCUT2D eigenvalue weighted by atomic mass is 9.88. The molecule has 4 aromatic carbocycles. The summed E-state index contributed by atoms with van der Waals surface area (Å²) in [7, 11) is -1.46. The van der Waals surface area contributed by atoms with Crippen LogP contribution in [0.4, 0.5) is 0 Å². The van der Waals surface area contributed by atoms with Crippen LogP contribution in [0.2, 0.25) is 19.6 Å². The summed E-state index contributed by atoms with van der Waals surface area (Å²) in [6.07, 6.45) is 7.34. The Balaban J connectivity index is 2.16. The molecule has 0 spiro atoms. The lowest BCUT2D eigenvalue weighted by Gasteiger charge is -2.25. The first kappa shape index (κ1) is 20.9. The van der Waals surface area contributed by atoms with Gasteiger partial charge in [0, 0.05) is 4.47 Å². The quantitative estimate of drug-likeness (QED) is 0.189. The van der Waals surface area contributed by atoms with Gasteiger partial charge in [0.25, 0.3) is 0 Å². The SMILES string of the molecule is CCCCc1cc(Br)c2ccc3c(CCCC)cc([Si](C)(C)C)c4ccc1c2c34. The molecular formula is C27H33BrSi. The molecule has 0 aliphatic carbocycles. The number of rotatable bonds is 7. The lowest BCUT2D eigenvalue weighted by Crippen LogP contribution is -2.38. The Bertz CT molecular complexity index is 1170. The maximum Gasteiger partial charge on any atom is 0.0784 e. The third-order valence-electron chi connectivity index (χ3n) is 6.43. The Hall–Kier alpha value is -1.38. The van der Waals surface area contributed by atoms with E-state index in [9.17, 15) is 0 Å². The Morgan fingerprint density at radius 3 is 1.72 bits per heavy atom. The molecule has 0 nitrogen and oxygen atoms in total. The van der Waals surface area contributed by atoms with E-state index in [2.05, 4.69) is 85.8 Å². The fourth-order valence-electron chi connectivity index (χ4n) is 4.86. The fraction of sp³-hybridized carbons (Fsp3) is 0.407. The molecule has 0 aromatic heterocycles. The number of benzene rings is 4. The molecule has 4 rings (SSSR count). The molecule has 0 aliphatic heterocycles. The van der Waals surface area contributed by atoms with Crippen LogP contribution in [-0.2, 0) is 12.8 Å². The Kier molecular flexibility index (Phi) is 5.78. The van der Waals surface area contributed by atoms with Crippen LogP contribution in [-0.4, -0.2) is 8.07 Å². The number of halogens is 1. The van der Waals surface area contributed by atoms with Crippen molar-refractivity contribution >= 4 is 61.5 Å². The predicted octanol–water partition coefficient (Wildman–Crippen LogP) is 8.58. The third kappa shape index (κ3) is 3.63. The monoisotopic (exact) mass is 464 g/mol. The van der Waals surface area contributed by atoms with Gasteiger partial charge in [0.2, 0.25) is 0 Å². The van der Waals surface area contributed by atoms with Crippen LogP contribution in [0.3, 0.4) is 0 Å². The van der Waals surface area contributed by atoms with E-state index in [-0.39, 0.29) is 0 Å². The van der Waals surface area contributed by atoms with Gasteiger partial charge in [0.15, 0.2) is 0 Å². The molecule has 4 aromatic rings. The highest BCUT2D eigenvalue weighted by Gasteiger charge is 2.24. The molecule has 0 radical (unpaired) electrons. The highest BCUT2D eigenvalue weighted by Crippen LogP contribution is 2.41. The van der Waals surface area contributed by atoms with Crippen molar-refractivity contribution < 1.29 is 0 Å². The van der Waals surface area contributed by atoms with Gasteiger partial charge >= 0.3 is 0 Å². The molecule has 0 aliphatic rings. The van der Waals surface area contributed by atoms with Gasteiger partial charge in [-0.15, -0.1) is 0 Å². The molecule has 0 unspecified atom stereocenters. The Morgan fingerprint density at radius 2 is 1.17 bits per heavy atom. The molecule has 0 saturated carbocycles. The summed E-state index contributed by atoms with van der Waals surface area (Å²) in [5, 5.41) is 10.4. The maximum absolute atomic E-state index is 3.91. The molecule has 0 fully saturated rings. The smallest absolute Gasteiger partial charge is 0.0656 e. The second-order valence-electron chi connectivity index (χ2n) is 9.63. The van der Waals surface area contributed by atoms with Crippen LogP contribution < -0.4 is 5.19 Å². The summed E-state index contributed by atoms with van der Waals surface area (Å²) < 4.78 is 1.25. The van der Waals surface area contributed by atoms with Gasteiger partial charge in [-0.1, -0.05) is 97.8 Å². The van der Waals surface area contributed by atoms with E-state index in [1.165, 1.54) is 74.5 Å². The Labute approximate surface area is 185 Å². The van der Waals surface area contributed by atoms with Crippen molar-refractivity contribution in [3.63, 3.8) is 0 Å². The molecule has 0 heterocycles. The van der Waals surface area contributed by atoms with Crippen LogP contribution in [0.15, 0.2) is 40.9 Å². The molecule has 152 valence electrons. The maximum atomic E-state index is 3.91. The van der Waals surface area contributed by atoms with Crippen molar-refractivity contribution in [2.75, 3.05) is 0 Å². The first-order chi connectivity index (χ1) is 13.9. The van der Waals surface area contributed by atoms with E-state index >= 15 is 0 Å². The summed E-state index contributed by atoms with van der Waals surface area (Å²) in [6, 6.07) is 14.5. The summed E-state index contributed by atoms with van der Waals surface area (Å²) in [5.41, 5.74) is 3.05. The predicted molar refractivity (Wildman–Crippen MR) is 138 cm³/mol. The summed E-state index contributed by atoms with van der Waals surface area (Å²) >= 11 is 3.91. The van der Waals surface area contributed by atoms with Crippen molar-refractivity contribution in [1.29, 1.82) is 0 Å². The van der Waals surface area contributed by atoms with E-state index in [1.54, 1.807) is 10.8 Å². The topological polar surface area (TPSA) is 0 Å². The summed E-state index contributed by atoms with van der Waals surface area (Å²) in [5.74, 6) is 0. The normalized spacial score (nSPS) is 12.6. The second kappa shape index (κ2) is 8.04. The molecule has 0 amide bonds. The zero-order valence-corrected chi connectivity index (χ0v) is 21.2. The Morgan fingerprint density at radius 1 is 0.690 bits per heavy atom. The average Bonchev–Trinajstić information content (AvgIpc) is 2.69. The highest BCUT2D eigenvalue weighted by molar-refractivity contribution is 9.10. The minimum atomic E-state index is -1.46. The highest BCUT2D eigenvalue weighted by atomic mass is 79.9. The molecule has 0 bridgehead atoms. The fourth-order valence-corrected chi connectivity index (χ4v) is 7.09. The van der Waals surface area contributed by atoms with Gasteiger partial charge in [-0.3, -0.25) is 0 Å². The minimum Gasteiger partial charge on any atom is -0.0656 e. The van der Waals surface area contributed by atoms with E-state index < -0.39 is 8.07 Å². The number of hydrogen-bond donors (Lipinski definition) is 0.